The van der Waals surface area contributed by atoms with Gasteiger partial charge in [0.25, 0.3) is 10.0 Å². The number of carbonyl (C=O) groups is 1. The lowest BCUT2D eigenvalue weighted by Gasteiger charge is -2.02. The maximum absolute atomic E-state index is 11.3. The second-order valence-electron chi connectivity index (χ2n) is 3.35. The highest BCUT2D eigenvalue weighted by molar-refractivity contribution is 7.95. The van der Waals surface area contributed by atoms with E-state index in [1.165, 1.54) is 6.20 Å². The number of pyridine rings is 1. The molecule has 18 heavy (non-hydrogen) atoms. The van der Waals surface area contributed by atoms with E-state index in [1.807, 2.05) is 0 Å². The summed E-state index contributed by atoms with van der Waals surface area (Å²) in [7, 11) is -4.09. The highest BCUT2D eigenvalue weighted by atomic mass is 32.2. The van der Waals surface area contributed by atoms with Crippen molar-refractivity contribution in [3.8, 4) is 5.75 Å². The van der Waals surface area contributed by atoms with Crippen LogP contribution in [-0.2, 0) is 14.8 Å². The number of ether oxygens (including phenoxy) is 1. The molecule has 0 aliphatic carbocycles. The summed E-state index contributed by atoms with van der Waals surface area (Å²) in [5.41, 5.74) is 0.0382. The highest BCUT2D eigenvalue weighted by Crippen LogP contribution is 2.17. The van der Waals surface area contributed by atoms with E-state index in [-0.39, 0.29) is 12.3 Å². The largest absolute Gasteiger partial charge is 0.486 e. The van der Waals surface area contributed by atoms with Crippen molar-refractivity contribution in [1.29, 1.82) is 0 Å². The van der Waals surface area contributed by atoms with Gasteiger partial charge in [-0.2, -0.15) is 12.8 Å². The summed E-state index contributed by atoms with van der Waals surface area (Å²) in [6.07, 6.45) is 3.99. The summed E-state index contributed by atoms with van der Waals surface area (Å²) < 4.78 is 31.2. The summed E-state index contributed by atoms with van der Waals surface area (Å²) in [6, 6.07) is 3.29. The average Bonchev–Trinajstić information content (AvgIpc) is 2.63. The van der Waals surface area contributed by atoms with E-state index in [0.29, 0.717) is 5.75 Å². The number of sulfonamides is 1. The van der Waals surface area contributed by atoms with Crippen molar-refractivity contribution in [2.45, 2.75) is 0 Å². The molecule has 0 saturated heterocycles. The lowest BCUT2D eigenvalue weighted by atomic mass is 10.3. The molecule has 2 heterocycles. The minimum atomic E-state index is -4.09. The van der Waals surface area contributed by atoms with Gasteiger partial charge in [-0.3, -0.25) is 4.98 Å². The molecule has 0 unspecified atom stereocenters. The van der Waals surface area contributed by atoms with Gasteiger partial charge in [-0.05, 0) is 18.2 Å². The third kappa shape index (κ3) is 2.54. The Bertz CT molecular complexity index is 633. The van der Waals surface area contributed by atoms with Gasteiger partial charge in [-0.15, -0.1) is 0 Å². The zero-order chi connectivity index (χ0) is 13.2. The van der Waals surface area contributed by atoms with E-state index in [0.717, 1.165) is 6.08 Å². The first kappa shape index (κ1) is 12.2. The van der Waals surface area contributed by atoms with Gasteiger partial charge in [0.1, 0.15) is 12.4 Å². The van der Waals surface area contributed by atoms with E-state index in [9.17, 15) is 13.2 Å². The van der Waals surface area contributed by atoms with Crippen LogP contribution >= 0.6 is 0 Å². The molecule has 94 valence electrons. The normalized spacial score (nSPS) is 16.9. The third-order valence-electron chi connectivity index (χ3n) is 2.04. The maximum Gasteiger partial charge on any atom is 0.349 e. The second kappa shape index (κ2) is 4.57. The number of hydrogen-bond donors (Lipinski definition) is 1. The van der Waals surface area contributed by atoms with Gasteiger partial charge in [-0.25, -0.2) is 4.79 Å². The maximum atomic E-state index is 11.3. The van der Waals surface area contributed by atoms with Crippen LogP contribution in [0.15, 0.2) is 39.9 Å². The zero-order valence-corrected chi connectivity index (χ0v) is 9.79. The Kier molecular flexibility index (Phi) is 3.11. The van der Waals surface area contributed by atoms with Crippen molar-refractivity contribution in [2.24, 2.45) is 4.40 Å². The number of aliphatic carboxylic acids is 1. The minimum absolute atomic E-state index is 0.0382. The van der Waals surface area contributed by atoms with Gasteiger partial charge in [0.05, 0.1) is 11.9 Å². The van der Waals surface area contributed by atoms with Crippen LogP contribution in [0, 0.1) is 0 Å². The highest BCUT2D eigenvalue weighted by Gasteiger charge is 2.30. The third-order valence-corrected chi connectivity index (χ3v) is 3.37. The standard InChI is InChI=1S/C10H8N2O5S/c13-10(14)9-4-7(12-18(9,15)16)6-17-8-2-1-3-11-5-8/h1-5H,6H2,(H,13,14). The molecular weight excluding hydrogens is 260 g/mol. The Balaban J connectivity index is 2.11. The Hall–Kier alpha value is -2.22. The Morgan fingerprint density at radius 3 is 2.78 bits per heavy atom. The molecule has 1 aromatic heterocycles. The monoisotopic (exact) mass is 268 g/mol. The van der Waals surface area contributed by atoms with E-state index >= 15 is 0 Å². The zero-order valence-electron chi connectivity index (χ0n) is 8.98. The van der Waals surface area contributed by atoms with Crippen LogP contribution in [0.1, 0.15) is 0 Å². The first-order chi connectivity index (χ1) is 8.49. The summed E-state index contributed by atoms with van der Waals surface area (Å²) in [6.45, 7) is -0.137. The summed E-state index contributed by atoms with van der Waals surface area (Å²) >= 11 is 0. The van der Waals surface area contributed by atoms with Crippen LogP contribution < -0.4 is 4.74 Å². The van der Waals surface area contributed by atoms with Crippen molar-refractivity contribution in [3.05, 3.63) is 35.5 Å². The molecule has 1 aliphatic heterocycles. The van der Waals surface area contributed by atoms with E-state index in [2.05, 4.69) is 9.38 Å². The molecule has 1 aromatic rings. The van der Waals surface area contributed by atoms with Crippen molar-refractivity contribution < 1.29 is 23.1 Å². The van der Waals surface area contributed by atoms with Gasteiger partial charge >= 0.3 is 5.97 Å². The molecule has 8 heteroatoms. The van der Waals surface area contributed by atoms with Crippen molar-refractivity contribution in [3.63, 3.8) is 0 Å². The Morgan fingerprint density at radius 1 is 1.44 bits per heavy atom. The van der Waals surface area contributed by atoms with Gasteiger partial charge in [0.15, 0.2) is 4.91 Å². The smallest absolute Gasteiger partial charge is 0.349 e. The summed E-state index contributed by atoms with van der Waals surface area (Å²) in [5.74, 6) is -1.09. The molecule has 2 rings (SSSR count). The first-order valence-electron chi connectivity index (χ1n) is 4.81. The second-order valence-corrected chi connectivity index (χ2v) is 4.92. The number of hydrogen-bond acceptors (Lipinski definition) is 5. The molecule has 0 atom stereocenters. The predicted octanol–water partition coefficient (Wildman–Crippen LogP) is 0.213. The van der Waals surface area contributed by atoms with Gasteiger partial charge < -0.3 is 9.84 Å². The number of rotatable bonds is 4. The number of carboxylic acid groups (broad SMARTS) is 1. The molecule has 0 spiro atoms. The average molecular weight is 268 g/mol. The fourth-order valence-corrected chi connectivity index (χ4v) is 2.30. The van der Waals surface area contributed by atoms with Crippen LogP contribution in [-0.4, -0.2) is 36.8 Å². The van der Waals surface area contributed by atoms with Crippen LogP contribution in [0.2, 0.25) is 0 Å². The summed E-state index contributed by atoms with van der Waals surface area (Å²) in [4.78, 5) is 13.7. The molecule has 1 aliphatic rings. The van der Waals surface area contributed by atoms with Gasteiger partial charge in [-0.1, -0.05) is 0 Å². The van der Waals surface area contributed by atoms with E-state index in [1.54, 1.807) is 18.3 Å². The predicted molar refractivity (Wildman–Crippen MR) is 61.8 cm³/mol. The van der Waals surface area contributed by atoms with Crippen LogP contribution in [0.4, 0.5) is 0 Å². The van der Waals surface area contributed by atoms with Gasteiger partial charge in [0, 0.05) is 6.20 Å². The quantitative estimate of drug-likeness (QED) is 0.836. The van der Waals surface area contributed by atoms with E-state index < -0.39 is 20.9 Å². The lowest BCUT2D eigenvalue weighted by molar-refractivity contribution is -0.131. The Morgan fingerprint density at radius 2 is 2.22 bits per heavy atom. The first-order valence-corrected chi connectivity index (χ1v) is 6.25. The topological polar surface area (TPSA) is 106 Å². The van der Waals surface area contributed by atoms with Crippen LogP contribution in [0.5, 0.6) is 5.75 Å². The molecule has 0 aromatic carbocycles. The van der Waals surface area contributed by atoms with Crippen molar-refractivity contribution in [2.75, 3.05) is 6.61 Å². The number of nitrogens with zero attached hydrogens (tertiary/aromatic N) is 2. The van der Waals surface area contributed by atoms with E-state index in [4.69, 9.17) is 9.84 Å². The molecule has 0 bridgehead atoms. The molecule has 1 N–H and O–H groups in total. The fourth-order valence-electron chi connectivity index (χ4n) is 1.29. The summed E-state index contributed by atoms with van der Waals surface area (Å²) in [5, 5.41) is 8.68. The van der Waals surface area contributed by atoms with Crippen molar-refractivity contribution >= 4 is 21.7 Å². The Labute approximate surface area is 103 Å². The molecule has 0 saturated carbocycles. The SMILES string of the molecule is O=C(O)C1=CC(COc2cccnc2)=NS1(=O)=O. The molecular formula is C10H8N2O5S. The van der Waals surface area contributed by atoms with Crippen LogP contribution in [0.3, 0.4) is 0 Å². The number of aromatic nitrogens is 1. The minimum Gasteiger partial charge on any atom is -0.486 e. The van der Waals surface area contributed by atoms with Crippen molar-refractivity contribution in [1.82, 2.24) is 4.98 Å². The molecule has 0 radical (unpaired) electrons. The van der Waals surface area contributed by atoms with Gasteiger partial charge in [0.2, 0.25) is 0 Å². The molecule has 7 nitrogen and oxygen atoms in total. The lowest BCUT2D eigenvalue weighted by Crippen LogP contribution is -2.07. The molecule has 0 fully saturated rings. The number of carboxylic acids is 1. The molecule has 0 amide bonds. The van der Waals surface area contributed by atoms with Crippen LogP contribution in [0.25, 0.3) is 0 Å². The fraction of sp³-hybridized carbons (Fsp3) is 0.100.